The molecule has 1 unspecified atom stereocenters. The average molecular weight is 306 g/mol. The van der Waals surface area contributed by atoms with Crippen molar-refractivity contribution in [1.29, 1.82) is 0 Å². The van der Waals surface area contributed by atoms with Gasteiger partial charge in [-0.15, -0.1) is 0 Å². The van der Waals surface area contributed by atoms with Gasteiger partial charge in [0.15, 0.2) is 11.6 Å². The van der Waals surface area contributed by atoms with Gasteiger partial charge in [0.05, 0.1) is 17.9 Å². The first-order chi connectivity index (χ1) is 10.3. The van der Waals surface area contributed by atoms with Gasteiger partial charge in [-0.2, -0.15) is 0 Å². The van der Waals surface area contributed by atoms with E-state index in [0.29, 0.717) is 37.7 Å². The second-order valence-corrected chi connectivity index (χ2v) is 6.67. The Morgan fingerprint density at radius 1 is 1.45 bits per heavy atom. The monoisotopic (exact) mass is 306 g/mol. The molecule has 1 amide bonds. The first kappa shape index (κ1) is 14.7. The zero-order valence-corrected chi connectivity index (χ0v) is 13.2. The van der Waals surface area contributed by atoms with E-state index in [1.54, 1.807) is 17.2 Å². The Morgan fingerprint density at radius 2 is 2.23 bits per heavy atom. The highest BCUT2D eigenvalue weighted by Gasteiger charge is 2.36. The number of carbonyl (C=O) groups is 1. The smallest absolute Gasteiger partial charge is 0.410 e. The highest BCUT2D eigenvalue weighted by Crippen LogP contribution is 2.34. The molecule has 1 aromatic rings. The maximum Gasteiger partial charge on any atom is 0.410 e. The van der Waals surface area contributed by atoms with Gasteiger partial charge >= 0.3 is 6.09 Å². The zero-order valence-electron chi connectivity index (χ0n) is 13.2. The molecule has 0 aliphatic carbocycles. The lowest BCUT2D eigenvalue weighted by molar-refractivity contribution is 0.0194. The largest absolute Gasteiger partial charge is 0.487 e. The Bertz CT molecular complexity index is 585. The Morgan fingerprint density at radius 3 is 2.95 bits per heavy atom. The summed E-state index contributed by atoms with van der Waals surface area (Å²) in [6.07, 6.45) is 1.35. The molecule has 1 fully saturated rings. The molecule has 3 rings (SSSR count). The molecule has 3 heterocycles. The highest BCUT2D eigenvalue weighted by molar-refractivity contribution is 5.69. The lowest BCUT2D eigenvalue weighted by atomic mass is 10.1. The van der Waals surface area contributed by atoms with Crippen LogP contribution < -0.4 is 15.4 Å². The van der Waals surface area contributed by atoms with Gasteiger partial charge in [0.2, 0.25) is 0 Å². The second kappa shape index (κ2) is 5.23. The number of hydrogen-bond donors (Lipinski definition) is 1. The normalized spacial score (nSPS) is 20.8. The van der Waals surface area contributed by atoms with Crippen molar-refractivity contribution in [2.45, 2.75) is 32.4 Å². The minimum atomic E-state index is -0.483. The van der Waals surface area contributed by atoms with Gasteiger partial charge in [-0.3, -0.25) is 0 Å². The number of rotatable bonds is 0. The number of fused-ring (bicyclic) bond motifs is 3. The topological polar surface area (TPSA) is 80.9 Å². The second-order valence-electron chi connectivity index (χ2n) is 6.67. The number of nitrogen functional groups attached to an aromatic ring is 1. The summed E-state index contributed by atoms with van der Waals surface area (Å²) in [5.74, 6) is 1.51. The minimum absolute atomic E-state index is 0.0879. The van der Waals surface area contributed by atoms with Crippen molar-refractivity contribution in [1.82, 2.24) is 9.88 Å². The molecular weight excluding hydrogens is 284 g/mol. The average Bonchev–Trinajstić information content (AvgIpc) is 2.44. The summed E-state index contributed by atoms with van der Waals surface area (Å²) < 4.78 is 11.2. The van der Waals surface area contributed by atoms with E-state index in [0.717, 1.165) is 5.82 Å². The third-order valence-corrected chi connectivity index (χ3v) is 3.69. The van der Waals surface area contributed by atoms with Gasteiger partial charge in [0.25, 0.3) is 0 Å². The molecular formula is C15H22N4O3. The third-order valence-electron chi connectivity index (χ3n) is 3.69. The fraction of sp³-hybridized carbons (Fsp3) is 0.600. The predicted octanol–water partition coefficient (Wildman–Crippen LogP) is 1.48. The van der Waals surface area contributed by atoms with E-state index < -0.39 is 5.60 Å². The van der Waals surface area contributed by atoms with Crippen LogP contribution in [-0.2, 0) is 4.74 Å². The number of pyridine rings is 1. The Kier molecular flexibility index (Phi) is 3.50. The molecule has 7 nitrogen and oxygen atoms in total. The van der Waals surface area contributed by atoms with Gasteiger partial charge in [-0.05, 0) is 20.8 Å². The predicted molar refractivity (Wildman–Crippen MR) is 83.1 cm³/mol. The number of hydrogen-bond acceptors (Lipinski definition) is 6. The molecule has 2 aliphatic heterocycles. The van der Waals surface area contributed by atoms with Crippen LogP contribution in [0.4, 0.5) is 16.3 Å². The van der Waals surface area contributed by atoms with Crippen molar-refractivity contribution in [2.75, 3.05) is 36.9 Å². The van der Waals surface area contributed by atoms with Crippen LogP contribution in [0.25, 0.3) is 0 Å². The molecule has 0 spiro atoms. The van der Waals surface area contributed by atoms with Gasteiger partial charge in [0, 0.05) is 25.7 Å². The van der Waals surface area contributed by atoms with Crippen molar-refractivity contribution in [3.8, 4) is 5.75 Å². The summed E-state index contributed by atoms with van der Waals surface area (Å²) in [6, 6.07) is 1.88. The van der Waals surface area contributed by atoms with Crippen LogP contribution in [0, 0.1) is 0 Å². The molecule has 2 N–H and O–H groups in total. The SMILES string of the molecule is CC(C)(C)OC(=O)N1CCN2c3ncc(N)cc3OCC2C1. The summed E-state index contributed by atoms with van der Waals surface area (Å²) in [5.41, 5.74) is 5.84. The number of aromatic nitrogens is 1. The van der Waals surface area contributed by atoms with E-state index in [1.165, 1.54) is 0 Å². The Balaban J connectivity index is 1.71. The standard InChI is InChI=1S/C15H22N4O3/c1-15(2,3)22-14(20)18-4-5-19-11(8-18)9-21-12-6-10(16)7-17-13(12)19/h6-7,11H,4-5,8-9,16H2,1-3H3. The molecule has 120 valence electrons. The van der Waals surface area contributed by atoms with Crippen LogP contribution in [0.1, 0.15) is 20.8 Å². The van der Waals surface area contributed by atoms with E-state index in [9.17, 15) is 4.79 Å². The third kappa shape index (κ3) is 2.88. The Labute approximate surface area is 130 Å². The molecule has 0 radical (unpaired) electrons. The number of nitrogens with two attached hydrogens (primary N) is 1. The van der Waals surface area contributed by atoms with Gasteiger partial charge in [0.1, 0.15) is 12.2 Å². The van der Waals surface area contributed by atoms with Crippen LogP contribution in [-0.4, -0.2) is 53.9 Å². The molecule has 1 saturated heterocycles. The molecule has 0 aromatic carbocycles. The van der Waals surface area contributed by atoms with E-state index in [-0.39, 0.29) is 12.1 Å². The van der Waals surface area contributed by atoms with Crippen LogP contribution in [0.5, 0.6) is 5.75 Å². The maximum atomic E-state index is 12.2. The minimum Gasteiger partial charge on any atom is -0.487 e. The lowest BCUT2D eigenvalue weighted by Gasteiger charge is -2.44. The van der Waals surface area contributed by atoms with Gasteiger partial charge in [-0.25, -0.2) is 9.78 Å². The van der Waals surface area contributed by atoms with Crippen molar-refractivity contribution in [3.05, 3.63) is 12.3 Å². The fourth-order valence-electron chi connectivity index (χ4n) is 2.73. The molecule has 1 aromatic heterocycles. The lowest BCUT2D eigenvalue weighted by Crippen LogP contribution is -2.59. The summed E-state index contributed by atoms with van der Waals surface area (Å²) in [5, 5.41) is 0. The number of carbonyl (C=O) groups excluding carboxylic acids is 1. The molecule has 22 heavy (non-hydrogen) atoms. The summed E-state index contributed by atoms with van der Waals surface area (Å²) >= 11 is 0. The van der Waals surface area contributed by atoms with Gasteiger partial charge in [-0.1, -0.05) is 0 Å². The molecule has 0 saturated carbocycles. The van der Waals surface area contributed by atoms with E-state index in [2.05, 4.69) is 9.88 Å². The number of nitrogens with zero attached hydrogens (tertiary/aromatic N) is 3. The zero-order chi connectivity index (χ0) is 15.9. The first-order valence-corrected chi connectivity index (χ1v) is 7.46. The number of piperazine rings is 1. The quantitative estimate of drug-likeness (QED) is 0.782. The molecule has 2 aliphatic rings. The van der Waals surface area contributed by atoms with Crippen molar-refractivity contribution < 1.29 is 14.3 Å². The molecule has 1 atom stereocenters. The van der Waals surface area contributed by atoms with Crippen molar-refractivity contribution >= 4 is 17.6 Å². The van der Waals surface area contributed by atoms with Gasteiger partial charge < -0.3 is 25.0 Å². The van der Waals surface area contributed by atoms with Crippen LogP contribution >= 0.6 is 0 Å². The fourth-order valence-corrected chi connectivity index (χ4v) is 2.73. The number of anilines is 2. The van der Waals surface area contributed by atoms with Crippen molar-refractivity contribution in [3.63, 3.8) is 0 Å². The van der Waals surface area contributed by atoms with Crippen molar-refractivity contribution in [2.24, 2.45) is 0 Å². The summed E-state index contributed by atoms with van der Waals surface area (Å²) in [6.45, 7) is 8.01. The van der Waals surface area contributed by atoms with E-state index in [1.807, 2.05) is 20.8 Å². The first-order valence-electron chi connectivity index (χ1n) is 7.46. The van der Waals surface area contributed by atoms with Crippen LogP contribution in [0.2, 0.25) is 0 Å². The maximum absolute atomic E-state index is 12.2. The van der Waals surface area contributed by atoms with Crippen LogP contribution in [0.15, 0.2) is 12.3 Å². The molecule has 7 heteroatoms. The van der Waals surface area contributed by atoms with E-state index >= 15 is 0 Å². The highest BCUT2D eigenvalue weighted by atomic mass is 16.6. The Hall–Kier alpha value is -2.18. The molecule has 0 bridgehead atoms. The summed E-state index contributed by atoms with van der Waals surface area (Å²) in [4.78, 5) is 20.5. The van der Waals surface area contributed by atoms with Crippen LogP contribution in [0.3, 0.4) is 0 Å². The number of ether oxygens (including phenoxy) is 2. The van der Waals surface area contributed by atoms with E-state index in [4.69, 9.17) is 15.2 Å². The summed E-state index contributed by atoms with van der Waals surface area (Å²) in [7, 11) is 0. The number of amides is 1.